The van der Waals surface area contributed by atoms with Crippen molar-refractivity contribution in [1.29, 1.82) is 5.26 Å². The van der Waals surface area contributed by atoms with Crippen LogP contribution >= 0.6 is 0 Å². The van der Waals surface area contributed by atoms with Gasteiger partial charge in [0.1, 0.15) is 0 Å². The third kappa shape index (κ3) is 1.04. The molecule has 66 valence electrons. The van der Waals surface area contributed by atoms with Crippen LogP contribution in [0.5, 0.6) is 0 Å². The molecule has 12 heavy (non-hydrogen) atoms. The Morgan fingerprint density at radius 2 is 2.42 bits per heavy atom. The summed E-state index contributed by atoms with van der Waals surface area (Å²) in [6.07, 6.45) is 6.89. The van der Waals surface area contributed by atoms with Crippen LogP contribution in [-0.4, -0.2) is 6.04 Å². The molecule has 3 atom stereocenters. The Hall–Kier alpha value is -0.550. The summed E-state index contributed by atoms with van der Waals surface area (Å²) in [6.45, 7) is 0. The van der Waals surface area contributed by atoms with Crippen molar-refractivity contribution in [1.82, 2.24) is 0 Å². The van der Waals surface area contributed by atoms with Crippen molar-refractivity contribution in [3.63, 3.8) is 0 Å². The zero-order valence-electron chi connectivity index (χ0n) is 7.42. The average molecular weight is 164 g/mol. The predicted octanol–water partition coefficient (Wildman–Crippen LogP) is 1.81. The summed E-state index contributed by atoms with van der Waals surface area (Å²) in [7, 11) is 0. The molecule has 0 radical (unpaired) electrons. The summed E-state index contributed by atoms with van der Waals surface area (Å²) >= 11 is 0. The first-order valence-corrected chi connectivity index (χ1v) is 4.89. The number of hydrogen-bond acceptors (Lipinski definition) is 2. The van der Waals surface area contributed by atoms with E-state index in [0.29, 0.717) is 11.5 Å². The van der Waals surface area contributed by atoms with Gasteiger partial charge >= 0.3 is 0 Å². The third-order valence-corrected chi connectivity index (χ3v) is 3.78. The standard InChI is InChI=1S/C10H16N2/c11-5-4-10-3-1-2-8(10)6-9(12)7-10/h8-9H,1-4,6-7,12H2. The second kappa shape index (κ2) is 2.74. The molecule has 2 nitrogen and oxygen atoms in total. The number of fused-ring (bicyclic) bond motifs is 1. The lowest BCUT2D eigenvalue weighted by atomic mass is 9.78. The van der Waals surface area contributed by atoms with Crippen molar-refractivity contribution in [3.05, 3.63) is 0 Å². The van der Waals surface area contributed by atoms with Crippen LogP contribution in [0.4, 0.5) is 0 Å². The molecule has 0 saturated heterocycles. The smallest absolute Gasteiger partial charge is 0.0627 e. The number of hydrogen-bond donors (Lipinski definition) is 1. The molecule has 2 aliphatic rings. The monoisotopic (exact) mass is 164 g/mol. The van der Waals surface area contributed by atoms with Gasteiger partial charge < -0.3 is 5.73 Å². The van der Waals surface area contributed by atoms with E-state index in [0.717, 1.165) is 18.8 Å². The maximum atomic E-state index is 8.76. The van der Waals surface area contributed by atoms with Gasteiger partial charge in [0.2, 0.25) is 0 Å². The van der Waals surface area contributed by atoms with Gasteiger partial charge in [-0.3, -0.25) is 0 Å². The van der Waals surface area contributed by atoms with Gasteiger partial charge in [0.15, 0.2) is 0 Å². The summed E-state index contributed by atoms with van der Waals surface area (Å²) in [5, 5.41) is 8.76. The Kier molecular flexibility index (Phi) is 1.84. The van der Waals surface area contributed by atoms with Crippen LogP contribution < -0.4 is 5.73 Å². The van der Waals surface area contributed by atoms with Crippen LogP contribution in [0.2, 0.25) is 0 Å². The molecule has 0 amide bonds. The number of nitriles is 1. The van der Waals surface area contributed by atoms with E-state index in [-0.39, 0.29) is 0 Å². The van der Waals surface area contributed by atoms with E-state index in [1.54, 1.807) is 0 Å². The molecule has 0 bridgehead atoms. The van der Waals surface area contributed by atoms with Crippen molar-refractivity contribution >= 4 is 0 Å². The predicted molar refractivity (Wildman–Crippen MR) is 47.2 cm³/mol. The van der Waals surface area contributed by atoms with E-state index >= 15 is 0 Å². The van der Waals surface area contributed by atoms with E-state index in [2.05, 4.69) is 6.07 Å². The van der Waals surface area contributed by atoms with E-state index < -0.39 is 0 Å². The molecule has 2 saturated carbocycles. The topological polar surface area (TPSA) is 49.8 Å². The zero-order valence-corrected chi connectivity index (χ0v) is 7.42. The molecule has 3 unspecified atom stereocenters. The quantitative estimate of drug-likeness (QED) is 0.642. The summed E-state index contributed by atoms with van der Waals surface area (Å²) in [6, 6.07) is 2.72. The third-order valence-electron chi connectivity index (χ3n) is 3.78. The normalized spacial score (nSPS) is 45.7. The summed E-state index contributed by atoms with van der Waals surface area (Å²) in [5.41, 5.74) is 6.27. The van der Waals surface area contributed by atoms with Gasteiger partial charge in [-0.25, -0.2) is 0 Å². The molecule has 0 aliphatic heterocycles. The second-order valence-corrected chi connectivity index (χ2v) is 4.49. The second-order valence-electron chi connectivity index (χ2n) is 4.49. The van der Waals surface area contributed by atoms with Crippen LogP contribution in [0.15, 0.2) is 0 Å². The fourth-order valence-electron chi connectivity index (χ4n) is 3.28. The molecule has 0 aromatic carbocycles. The van der Waals surface area contributed by atoms with Crippen molar-refractivity contribution in [2.45, 2.75) is 44.6 Å². The SMILES string of the molecule is N#CCC12CCCC1CC(N)C2. The Bertz CT molecular complexity index is 218. The van der Waals surface area contributed by atoms with Gasteiger partial charge in [-0.15, -0.1) is 0 Å². The van der Waals surface area contributed by atoms with Crippen molar-refractivity contribution in [2.75, 3.05) is 0 Å². The van der Waals surface area contributed by atoms with Gasteiger partial charge in [-0.2, -0.15) is 5.26 Å². The molecule has 2 heteroatoms. The Morgan fingerprint density at radius 1 is 1.58 bits per heavy atom. The molecule has 0 heterocycles. The van der Waals surface area contributed by atoms with E-state index in [1.165, 1.54) is 25.7 Å². The molecule has 2 fully saturated rings. The molecule has 0 aromatic heterocycles. The summed E-state index contributed by atoms with van der Waals surface area (Å²) < 4.78 is 0. The minimum absolute atomic E-state index is 0.341. The van der Waals surface area contributed by atoms with Crippen molar-refractivity contribution in [3.8, 4) is 6.07 Å². The lowest BCUT2D eigenvalue weighted by Crippen LogP contribution is -2.21. The highest BCUT2D eigenvalue weighted by atomic mass is 14.7. The minimum Gasteiger partial charge on any atom is -0.328 e. The number of nitrogens with two attached hydrogens (primary N) is 1. The van der Waals surface area contributed by atoms with Gasteiger partial charge in [-0.1, -0.05) is 6.42 Å². The van der Waals surface area contributed by atoms with E-state index in [9.17, 15) is 0 Å². The highest BCUT2D eigenvalue weighted by molar-refractivity contribution is 5.04. The van der Waals surface area contributed by atoms with Gasteiger partial charge in [0, 0.05) is 12.5 Å². The van der Waals surface area contributed by atoms with E-state index in [4.69, 9.17) is 11.0 Å². The fraction of sp³-hybridized carbons (Fsp3) is 0.900. The molecule has 2 rings (SSSR count). The van der Waals surface area contributed by atoms with Crippen LogP contribution in [-0.2, 0) is 0 Å². The molecule has 0 spiro atoms. The van der Waals surface area contributed by atoms with Crippen LogP contribution in [0.1, 0.15) is 38.5 Å². The Balaban J connectivity index is 2.16. The average Bonchev–Trinajstić information content (AvgIpc) is 2.44. The maximum Gasteiger partial charge on any atom is 0.0627 e. The number of rotatable bonds is 1. The molecule has 2 N–H and O–H groups in total. The summed E-state index contributed by atoms with van der Waals surface area (Å²) in [4.78, 5) is 0. The minimum atomic E-state index is 0.341. The summed E-state index contributed by atoms with van der Waals surface area (Å²) in [5.74, 6) is 0.771. The van der Waals surface area contributed by atoms with Gasteiger partial charge in [0.05, 0.1) is 6.07 Å². The van der Waals surface area contributed by atoms with Crippen molar-refractivity contribution in [2.24, 2.45) is 17.1 Å². The lowest BCUT2D eigenvalue weighted by molar-refractivity contribution is 0.247. The van der Waals surface area contributed by atoms with E-state index in [1.807, 2.05) is 0 Å². The molecule has 2 aliphatic carbocycles. The van der Waals surface area contributed by atoms with Crippen LogP contribution in [0.3, 0.4) is 0 Å². The molecule has 0 aromatic rings. The number of nitrogens with zero attached hydrogens (tertiary/aromatic N) is 1. The van der Waals surface area contributed by atoms with Crippen molar-refractivity contribution < 1.29 is 0 Å². The highest BCUT2D eigenvalue weighted by Crippen LogP contribution is 2.55. The van der Waals surface area contributed by atoms with Crippen LogP contribution in [0.25, 0.3) is 0 Å². The first-order chi connectivity index (χ1) is 5.77. The molecular formula is C10H16N2. The van der Waals surface area contributed by atoms with Gasteiger partial charge in [0.25, 0.3) is 0 Å². The first-order valence-electron chi connectivity index (χ1n) is 4.89. The first kappa shape index (κ1) is 8.07. The Morgan fingerprint density at radius 3 is 3.17 bits per heavy atom. The lowest BCUT2D eigenvalue weighted by Gasteiger charge is -2.25. The van der Waals surface area contributed by atoms with Crippen LogP contribution in [0, 0.1) is 22.7 Å². The highest BCUT2D eigenvalue weighted by Gasteiger charge is 2.48. The largest absolute Gasteiger partial charge is 0.328 e. The van der Waals surface area contributed by atoms with Gasteiger partial charge in [-0.05, 0) is 37.0 Å². The Labute approximate surface area is 73.7 Å². The molecular weight excluding hydrogens is 148 g/mol. The maximum absolute atomic E-state index is 8.76. The zero-order chi connectivity index (χ0) is 8.60. The fourth-order valence-corrected chi connectivity index (χ4v) is 3.28.